The van der Waals surface area contributed by atoms with Crippen LogP contribution in [0.3, 0.4) is 0 Å². The molecule has 0 bridgehead atoms. The number of nitrogens with zero attached hydrogens (tertiary/aromatic N) is 5. The average Bonchev–Trinajstić information content (AvgIpc) is 2.93. The molecule has 8 heteroatoms. The number of pyridine rings is 1. The number of carbonyl (C=O) groups is 1. The van der Waals surface area contributed by atoms with Gasteiger partial charge in [-0.3, -0.25) is 9.78 Å². The van der Waals surface area contributed by atoms with E-state index < -0.39 is 11.4 Å². The standard InChI is InChI=1S/C13H16ClN5O2/c1-3-13(4-2,12(20)21)8-19-11(16-17-18-19)10-6-5-9(14)7-15-10/h5-7H,3-4,8H2,1-2H3,(H,20,21). The second-order valence-electron chi connectivity index (χ2n) is 4.81. The molecule has 2 aromatic rings. The van der Waals surface area contributed by atoms with Crippen LogP contribution in [0, 0.1) is 5.41 Å². The SMILES string of the molecule is CCC(CC)(Cn1nnnc1-c1ccc(Cl)cn1)C(=O)O. The van der Waals surface area contributed by atoms with Gasteiger partial charge in [0.25, 0.3) is 0 Å². The average molecular weight is 310 g/mol. The van der Waals surface area contributed by atoms with Gasteiger partial charge in [-0.1, -0.05) is 25.4 Å². The van der Waals surface area contributed by atoms with E-state index in [2.05, 4.69) is 20.5 Å². The van der Waals surface area contributed by atoms with E-state index in [0.29, 0.717) is 29.4 Å². The van der Waals surface area contributed by atoms with Gasteiger partial charge in [-0.25, -0.2) is 4.68 Å². The van der Waals surface area contributed by atoms with Crippen LogP contribution in [0.1, 0.15) is 26.7 Å². The Bertz CT molecular complexity index is 622. The Morgan fingerprint density at radius 1 is 1.38 bits per heavy atom. The molecule has 2 aromatic heterocycles. The molecule has 0 fully saturated rings. The molecule has 0 atom stereocenters. The first-order chi connectivity index (χ1) is 10.0. The Labute approximate surface area is 127 Å². The topological polar surface area (TPSA) is 93.8 Å². The molecule has 0 radical (unpaired) electrons. The van der Waals surface area contributed by atoms with Crippen LogP contribution in [0.2, 0.25) is 5.02 Å². The highest BCUT2D eigenvalue weighted by Crippen LogP contribution is 2.30. The Hall–Kier alpha value is -2.02. The molecule has 0 aliphatic heterocycles. The van der Waals surface area contributed by atoms with Gasteiger partial charge in [-0.05, 0) is 35.4 Å². The molecular weight excluding hydrogens is 294 g/mol. The van der Waals surface area contributed by atoms with E-state index in [1.54, 1.807) is 12.1 Å². The summed E-state index contributed by atoms with van der Waals surface area (Å²) in [6.07, 6.45) is 2.48. The lowest BCUT2D eigenvalue weighted by Gasteiger charge is -2.26. The third-order valence-electron chi connectivity index (χ3n) is 3.75. The molecule has 21 heavy (non-hydrogen) atoms. The highest BCUT2D eigenvalue weighted by Gasteiger charge is 2.36. The minimum atomic E-state index is -0.892. The summed E-state index contributed by atoms with van der Waals surface area (Å²) in [6, 6.07) is 3.39. The van der Waals surface area contributed by atoms with Crippen molar-refractivity contribution in [2.45, 2.75) is 33.2 Å². The molecule has 7 nitrogen and oxygen atoms in total. The van der Waals surface area contributed by atoms with Gasteiger partial charge in [0.05, 0.1) is 17.0 Å². The molecular formula is C13H16ClN5O2. The first-order valence-corrected chi connectivity index (χ1v) is 7.01. The molecule has 0 spiro atoms. The van der Waals surface area contributed by atoms with Crippen LogP contribution in [-0.4, -0.2) is 36.3 Å². The van der Waals surface area contributed by atoms with Crippen molar-refractivity contribution in [3.8, 4) is 11.5 Å². The second kappa shape index (κ2) is 6.17. The van der Waals surface area contributed by atoms with Crippen molar-refractivity contribution in [2.24, 2.45) is 5.41 Å². The van der Waals surface area contributed by atoms with Crippen LogP contribution in [0.5, 0.6) is 0 Å². The maximum atomic E-state index is 11.6. The molecule has 2 heterocycles. The Kier molecular flexibility index (Phi) is 4.52. The number of tetrazole rings is 1. The molecule has 0 aromatic carbocycles. The highest BCUT2D eigenvalue weighted by molar-refractivity contribution is 6.30. The van der Waals surface area contributed by atoms with E-state index >= 15 is 0 Å². The summed E-state index contributed by atoms with van der Waals surface area (Å²) in [6.45, 7) is 3.90. The molecule has 2 rings (SSSR count). The Balaban J connectivity index is 2.36. The fourth-order valence-electron chi connectivity index (χ4n) is 2.13. The smallest absolute Gasteiger partial charge is 0.311 e. The molecule has 0 amide bonds. The van der Waals surface area contributed by atoms with E-state index in [0.717, 1.165) is 0 Å². The Morgan fingerprint density at radius 3 is 2.62 bits per heavy atom. The van der Waals surface area contributed by atoms with Crippen LogP contribution < -0.4 is 0 Å². The summed E-state index contributed by atoms with van der Waals surface area (Å²) >= 11 is 5.81. The molecule has 0 aliphatic rings. The minimum absolute atomic E-state index is 0.196. The van der Waals surface area contributed by atoms with Gasteiger partial charge in [-0.15, -0.1) is 5.10 Å². The van der Waals surface area contributed by atoms with Crippen LogP contribution in [-0.2, 0) is 11.3 Å². The molecule has 1 N–H and O–H groups in total. The highest BCUT2D eigenvalue weighted by atomic mass is 35.5. The van der Waals surface area contributed by atoms with Gasteiger partial charge in [0.1, 0.15) is 5.69 Å². The predicted molar refractivity (Wildman–Crippen MR) is 76.7 cm³/mol. The van der Waals surface area contributed by atoms with Crippen molar-refractivity contribution in [3.63, 3.8) is 0 Å². The van der Waals surface area contributed by atoms with Crippen molar-refractivity contribution in [1.29, 1.82) is 0 Å². The Morgan fingerprint density at radius 2 is 2.10 bits per heavy atom. The monoisotopic (exact) mass is 309 g/mol. The van der Waals surface area contributed by atoms with E-state index in [4.69, 9.17) is 11.6 Å². The van der Waals surface area contributed by atoms with Gasteiger partial charge >= 0.3 is 5.97 Å². The number of rotatable bonds is 6. The van der Waals surface area contributed by atoms with Gasteiger partial charge in [0, 0.05) is 6.20 Å². The molecule has 0 aliphatic carbocycles. The molecule has 0 saturated carbocycles. The van der Waals surface area contributed by atoms with Crippen molar-refractivity contribution in [3.05, 3.63) is 23.4 Å². The van der Waals surface area contributed by atoms with Gasteiger partial charge < -0.3 is 5.11 Å². The summed E-state index contributed by atoms with van der Waals surface area (Å²) in [7, 11) is 0. The number of carboxylic acids is 1. The third kappa shape index (κ3) is 3.02. The first kappa shape index (κ1) is 15.4. The number of aliphatic carboxylic acids is 1. The molecule has 112 valence electrons. The lowest BCUT2D eigenvalue weighted by atomic mass is 9.82. The maximum absolute atomic E-state index is 11.6. The summed E-state index contributed by atoms with van der Waals surface area (Å²) in [5, 5.41) is 21.5. The zero-order valence-electron chi connectivity index (χ0n) is 11.8. The van der Waals surface area contributed by atoms with Gasteiger partial charge in [-0.2, -0.15) is 0 Å². The number of carboxylic acid groups (broad SMARTS) is 1. The van der Waals surface area contributed by atoms with Crippen LogP contribution in [0.15, 0.2) is 18.3 Å². The van der Waals surface area contributed by atoms with Gasteiger partial charge in [0.2, 0.25) is 5.82 Å². The van der Waals surface area contributed by atoms with E-state index in [-0.39, 0.29) is 6.54 Å². The summed E-state index contributed by atoms with van der Waals surface area (Å²) in [5.74, 6) is -0.419. The fraction of sp³-hybridized carbons (Fsp3) is 0.462. The summed E-state index contributed by atoms with van der Waals surface area (Å²) in [5.41, 5.74) is -0.341. The van der Waals surface area contributed by atoms with Crippen LogP contribution >= 0.6 is 11.6 Å². The van der Waals surface area contributed by atoms with E-state index in [1.165, 1.54) is 10.9 Å². The van der Waals surface area contributed by atoms with Crippen molar-refractivity contribution in [1.82, 2.24) is 25.2 Å². The lowest BCUT2D eigenvalue weighted by molar-refractivity contribution is -0.150. The zero-order chi connectivity index (χ0) is 15.5. The van der Waals surface area contributed by atoms with E-state index in [1.807, 2.05) is 13.8 Å². The lowest BCUT2D eigenvalue weighted by Crippen LogP contribution is -2.35. The van der Waals surface area contributed by atoms with Crippen molar-refractivity contribution in [2.75, 3.05) is 0 Å². The van der Waals surface area contributed by atoms with Crippen LogP contribution in [0.25, 0.3) is 11.5 Å². The number of halogens is 1. The summed E-state index contributed by atoms with van der Waals surface area (Å²) in [4.78, 5) is 15.8. The third-order valence-corrected chi connectivity index (χ3v) is 3.97. The summed E-state index contributed by atoms with van der Waals surface area (Å²) < 4.78 is 1.48. The molecule has 0 saturated heterocycles. The largest absolute Gasteiger partial charge is 0.481 e. The van der Waals surface area contributed by atoms with Gasteiger partial charge in [0.15, 0.2) is 0 Å². The molecule has 0 unspecified atom stereocenters. The minimum Gasteiger partial charge on any atom is -0.481 e. The first-order valence-electron chi connectivity index (χ1n) is 6.64. The predicted octanol–water partition coefficient (Wildman–Crippen LogP) is 2.28. The second-order valence-corrected chi connectivity index (χ2v) is 5.25. The maximum Gasteiger partial charge on any atom is 0.311 e. The fourth-order valence-corrected chi connectivity index (χ4v) is 2.24. The van der Waals surface area contributed by atoms with Crippen molar-refractivity contribution >= 4 is 17.6 Å². The quantitative estimate of drug-likeness (QED) is 0.879. The van der Waals surface area contributed by atoms with Crippen LogP contribution in [0.4, 0.5) is 0 Å². The normalized spacial score (nSPS) is 11.6. The zero-order valence-corrected chi connectivity index (χ0v) is 12.6. The van der Waals surface area contributed by atoms with Crippen molar-refractivity contribution < 1.29 is 9.90 Å². The van der Waals surface area contributed by atoms with E-state index in [9.17, 15) is 9.90 Å². The number of hydrogen-bond acceptors (Lipinski definition) is 5. The number of aromatic nitrogens is 5. The number of hydrogen-bond donors (Lipinski definition) is 1.